The molecule has 0 fully saturated rings. The van der Waals surface area contributed by atoms with Crippen molar-refractivity contribution < 1.29 is 13.9 Å². The molecule has 2 heterocycles. The van der Waals surface area contributed by atoms with Crippen LogP contribution < -0.4 is 0 Å². The van der Waals surface area contributed by atoms with Crippen LogP contribution in [-0.4, -0.2) is 17.6 Å². The van der Waals surface area contributed by atoms with E-state index < -0.39 is 5.97 Å². The van der Waals surface area contributed by atoms with Crippen molar-refractivity contribution >= 4 is 40.3 Å². The second-order valence-corrected chi connectivity index (χ2v) is 5.60. The average molecular weight is 338 g/mol. The minimum Gasteiger partial charge on any atom is -0.461 e. The number of ether oxygens (including phenoxy) is 1. The van der Waals surface area contributed by atoms with Crippen LogP contribution in [0.4, 0.5) is 0 Å². The molecular formula is C16H13Cl2NO3. The van der Waals surface area contributed by atoms with Gasteiger partial charge in [0.15, 0.2) is 0 Å². The summed E-state index contributed by atoms with van der Waals surface area (Å²) in [6.07, 6.45) is 2.10. The SMILES string of the molecule is CCOC(=O)c1[nH]c2occc2c1Cc1ccc(Cl)c(Cl)c1. The molecule has 0 aliphatic rings. The number of carbonyl (C=O) groups excluding carboxylic acids is 1. The predicted molar refractivity (Wildman–Crippen MR) is 85.8 cm³/mol. The molecule has 1 aromatic carbocycles. The molecule has 0 amide bonds. The Labute approximate surface area is 137 Å². The Morgan fingerprint density at radius 1 is 1.27 bits per heavy atom. The molecular weight excluding hydrogens is 325 g/mol. The molecule has 1 N–H and O–H groups in total. The number of nitrogens with one attached hydrogen (secondary N) is 1. The highest BCUT2D eigenvalue weighted by atomic mass is 35.5. The molecule has 4 nitrogen and oxygen atoms in total. The highest BCUT2D eigenvalue weighted by Crippen LogP contribution is 2.29. The molecule has 114 valence electrons. The van der Waals surface area contributed by atoms with Gasteiger partial charge in [0.05, 0.1) is 22.9 Å². The second-order valence-electron chi connectivity index (χ2n) is 4.79. The van der Waals surface area contributed by atoms with Gasteiger partial charge in [-0.3, -0.25) is 0 Å². The third-order valence-corrected chi connectivity index (χ3v) is 4.11. The van der Waals surface area contributed by atoms with Crippen LogP contribution in [0.15, 0.2) is 34.9 Å². The molecule has 3 rings (SSSR count). The lowest BCUT2D eigenvalue weighted by molar-refractivity contribution is 0.0519. The Bertz CT molecular complexity index is 835. The number of rotatable bonds is 4. The Hall–Kier alpha value is -1.91. The number of fused-ring (bicyclic) bond motifs is 1. The smallest absolute Gasteiger partial charge is 0.355 e. The van der Waals surface area contributed by atoms with Crippen LogP contribution in [0.5, 0.6) is 0 Å². The zero-order valence-electron chi connectivity index (χ0n) is 11.8. The fraction of sp³-hybridized carbons (Fsp3) is 0.188. The number of halogens is 2. The normalized spacial score (nSPS) is 11.0. The van der Waals surface area contributed by atoms with Crippen LogP contribution in [0.3, 0.4) is 0 Å². The lowest BCUT2D eigenvalue weighted by atomic mass is 10.0. The van der Waals surface area contributed by atoms with Crippen LogP contribution >= 0.6 is 23.2 Å². The summed E-state index contributed by atoms with van der Waals surface area (Å²) in [5.41, 5.74) is 2.73. The van der Waals surface area contributed by atoms with Crippen molar-refractivity contribution in [2.45, 2.75) is 13.3 Å². The first-order valence-corrected chi connectivity index (χ1v) is 7.54. The molecule has 3 aromatic rings. The average Bonchev–Trinajstić information content (AvgIpc) is 3.06. The lowest BCUT2D eigenvalue weighted by Crippen LogP contribution is -2.08. The molecule has 0 atom stereocenters. The highest BCUT2D eigenvalue weighted by molar-refractivity contribution is 6.42. The summed E-state index contributed by atoms with van der Waals surface area (Å²) in [6.45, 7) is 2.08. The topological polar surface area (TPSA) is 55.2 Å². The Balaban J connectivity index is 2.03. The first kappa shape index (κ1) is 15.0. The maximum atomic E-state index is 12.1. The van der Waals surface area contributed by atoms with Gasteiger partial charge in [-0.2, -0.15) is 0 Å². The lowest BCUT2D eigenvalue weighted by Gasteiger charge is -2.06. The van der Waals surface area contributed by atoms with E-state index in [4.69, 9.17) is 32.4 Å². The molecule has 22 heavy (non-hydrogen) atoms. The predicted octanol–water partition coefficient (Wildman–Crippen LogP) is 4.84. The molecule has 0 aliphatic heterocycles. The summed E-state index contributed by atoms with van der Waals surface area (Å²) < 4.78 is 10.4. The van der Waals surface area contributed by atoms with E-state index in [-0.39, 0.29) is 0 Å². The second kappa shape index (κ2) is 6.07. The van der Waals surface area contributed by atoms with Gasteiger partial charge in [0.2, 0.25) is 5.71 Å². The largest absolute Gasteiger partial charge is 0.461 e. The van der Waals surface area contributed by atoms with Crippen LogP contribution in [0.25, 0.3) is 11.1 Å². The summed E-state index contributed by atoms with van der Waals surface area (Å²) in [5, 5.41) is 1.84. The quantitative estimate of drug-likeness (QED) is 0.693. The van der Waals surface area contributed by atoms with Gasteiger partial charge in [-0.15, -0.1) is 0 Å². The number of hydrogen-bond acceptors (Lipinski definition) is 3. The number of H-pyrrole nitrogens is 1. The molecule has 0 aliphatic carbocycles. The third kappa shape index (κ3) is 2.72. The van der Waals surface area contributed by atoms with Crippen molar-refractivity contribution in [2.24, 2.45) is 0 Å². The van der Waals surface area contributed by atoms with E-state index in [1.807, 2.05) is 12.1 Å². The van der Waals surface area contributed by atoms with E-state index in [0.29, 0.717) is 34.5 Å². The Kier molecular flexibility index (Phi) is 4.14. The minimum atomic E-state index is -0.399. The molecule has 6 heteroatoms. The van der Waals surface area contributed by atoms with Gasteiger partial charge in [0.25, 0.3) is 0 Å². The molecule has 0 saturated heterocycles. The van der Waals surface area contributed by atoms with Gasteiger partial charge < -0.3 is 14.1 Å². The van der Waals surface area contributed by atoms with Gasteiger partial charge in [-0.1, -0.05) is 29.3 Å². The Morgan fingerprint density at radius 2 is 2.09 bits per heavy atom. The number of benzene rings is 1. The number of carbonyl (C=O) groups is 1. The van der Waals surface area contributed by atoms with Crippen molar-refractivity contribution in [1.82, 2.24) is 4.98 Å². The van der Waals surface area contributed by atoms with E-state index >= 15 is 0 Å². The summed E-state index contributed by atoms with van der Waals surface area (Å²) >= 11 is 12.0. The van der Waals surface area contributed by atoms with Crippen molar-refractivity contribution in [3.8, 4) is 0 Å². The standard InChI is InChI=1S/C16H13Cl2NO3/c1-2-21-16(20)14-11(10-5-6-22-15(10)19-14)7-9-3-4-12(17)13(18)8-9/h3-6,8,19H,2,7H2,1H3. The van der Waals surface area contributed by atoms with Gasteiger partial charge >= 0.3 is 5.97 Å². The highest BCUT2D eigenvalue weighted by Gasteiger charge is 2.20. The molecule has 0 spiro atoms. The molecule has 0 unspecified atom stereocenters. The third-order valence-electron chi connectivity index (χ3n) is 3.38. The summed E-state index contributed by atoms with van der Waals surface area (Å²) in [4.78, 5) is 15.1. The van der Waals surface area contributed by atoms with E-state index in [0.717, 1.165) is 16.5 Å². The van der Waals surface area contributed by atoms with E-state index in [1.54, 1.807) is 25.3 Å². The summed E-state index contributed by atoms with van der Waals surface area (Å²) in [7, 11) is 0. The number of hydrogen-bond donors (Lipinski definition) is 1. The fourth-order valence-electron chi connectivity index (χ4n) is 2.38. The number of aromatic amines is 1. The van der Waals surface area contributed by atoms with Crippen molar-refractivity contribution in [3.63, 3.8) is 0 Å². The molecule has 0 radical (unpaired) electrons. The van der Waals surface area contributed by atoms with E-state index in [9.17, 15) is 4.79 Å². The monoisotopic (exact) mass is 337 g/mol. The van der Waals surface area contributed by atoms with Crippen molar-refractivity contribution in [2.75, 3.05) is 6.61 Å². The number of furan rings is 1. The van der Waals surface area contributed by atoms with Crippen LogP contribution in [0.2, 0.25) is 10.0 Å². The van der Waals surface area contributed by atoms with Crippen molar-refractivity contribution in [1.29, 1.82) is 0 Å². The van der Waals surface area contributed by atoms with Crippen LogP contribution in [0, 0.1) is 0 Å². The summed E-state index contributed by atoms with van der Waals surface area (Å²) in [6, 6.07) is 7.23. The van der Waals surface area contributed by atoms with Gasteiger partial charge in [-0.05, 0) is 30.7 Å². The molecule has 2 aromatic heterocycles. The van der Waals surface area contributed by atoms with Crippen LogP contribution in [0.1, 0.15) is 28.5 Å². The zero-order valence-corrected chi connectivity index (χ0v) is 13.3. The zero-order chi connectivity index (χ0) is 15.7. The number of esters is 1. The maximum Gasteiger partial charge on any atom is 0.355 e. The van der Waals surface area contributed by atoms with Gasteiger partial charge in [0.1, 0.15) is 5.69 Å². The summed E-state index contributed by atoms with van der Waals surface area (Å²) in [5.74, 6) is -0.399. The Morgan fingerprint density at radius 3 is 2.82 bits per heavy atom. The van der Waals surface area contributed by atoms with Gasteiger partial charge in [-0.25, -0.2) is 4.79 Å². The van der Waals surface area contributed by atoms with Crippen molar-refractivity contribution in [3.05, 3.63) is 57.4 Å². The molecule has 0 saturated carbocycles. The van der Waals surface area contributed by atoms with E-state index in [2.05, 4.69) is 4.98 Å². The fourth-order valence-corrected chi connectivity index (χ4v) is 2.70. The number of aromatic nitrogens is 1. The maximum absolute atomic E-state index is 12.1. The first-order chi connectivity index (χ1) is 10.6. The minimum absolute atomic E-state index is 0.311. The first-order valence-electron chi connectivity index (χ1n) is 6.79. The van der Waals surface area contributed by atoms with Crippen LogP contribution in [-0.2, 0) is 11.2 Å². The molecule has 0 bridgehead atoms. The van der Waals surface area contributed by atoms with E-state index in [1.165, 1.54) is 0 Å². The van der Waals surface area contributed by atoms with Gasteiger partial charge in [0, 0.05) is 17.4 Å².